The van der Waals surface area contributed by atoms with Gasteiger partial charge in [-0.3, -0.25) is 4.79 Å². The number of carbonyl (C=O) groups excluding carboxylic acids is 1. The van der Waals surface area contributed by atoms with Crippen LogP contribution in [0.2, 0.25) is 0 Å². The molecule has 1 aliphatic rings. The van der Waals surface area contributed by atoms with E-state index in [1.807, 2.05) is 29.2 Å². The van der Waals surface area contributed by atoms with E-state index in [4.69, 9.17) is 0 Å². The lowest BCUT2D eigenvalue weighted by molar-refractivity contribution is 0.0747. The molecule has 2 heterocycles. The first-order valence-electron chi connectivity index (χ1n) is 9.21. The third-order valence-corrected chi connectivity index (χ3v) is 4.95. The maximum absolute atomic E-state index is 12.8. The van der Waals surface area contributed by atoms with Crippen molar-refractivity contribution >= 4 is 11.6 Å². The molecule has 0 N–H and O–H groups in total. The molecule has 3 aromatic rings. The van der Waals surface area contributed by atoms with Gasteiger partial charge in [-0.15, -0.1) is 0 Å². The van der Waals surface area contributed by atoms with Crippen LogP contribution in [-0.4, -0.2) is 51.8 Å². The van der Waals surface area contributed by atoms with Crippen molar-refractivity contribution in [1.82, 2.24) is 19.7 Å². The molecule has 0 bridgehead atoms. The smallest absolute Gasteiger partial charge is 0.253 e. The van der Waals surface area contributed by atoms with Crippen LogP contribution in [0.15, 0.2) is 61.2 Å². The van der Waals surface area contributed by atoms with E-state index in [2.05, 4.69) is 46.2 Å². The van der Waals surface area contributed by atoms with Gasteiger partial charge < -0.3 is 9.80 Å². The zero-order valence-electron chi connectivity index (χ0n) is 15.5. The highest BCUT2D eigenvalue weighted by Crippen LogP contribution is 2.19. The second-order valence-electron chi connectivity index (χ2n) is 6.91. The summed E-state index contributed by atoms with van der Waals surface area (Å²) in [6, 6.07) is 16.3. The SMILES string of the molecule is Cc1cccc(N2CCN(C(=O)c3ccc(Cn4cncn4)cc3)CC2)c1. The molecule has 0 aliphatic carbocycles. The fourth-order valence-corrected chi connectivity index (χ4v) is 3.43. The summed E-state index contributed by atoms with van der Waals surface area (Å²) >= 11 is 0. The standard InChI is InChI=1S/C21H23N5O/c1-17-3-2-4-20(13-17)24-9-11-25(12-10-24)21(27)19-7-5-18(6-8-19)14-26-16-22-15-23-26/h2-8,13,15-16H,9-12,14H2,1H3. The van der Waals surface area contributed by atoms with Crippen LogP contribution in [0.25, 0.3) is 0 Å². The minimum atomic E-state index is 0.103. The molecular formula is C21H23N5O. The van der Waals surface area contributed by atoms with Crippen molar-refractivity contribution in [2.75, 3.05) is 31.1 Å². The predicted octanol–water partition coefficient (Wildman–Crippen LogP) is 2.60. The number of carbonyl (C=O) groups is 1. The maximum atomic E-state index is 12.8. The third-order valence-electron chi connectivity index (χ3n) is 4.95. The van der Waals surface area contributed by atoms with Crippen molar-refractivity contribution in [3.8, 4) is 0 Å². The molecule has 1 aliphatic heterocycles. The van der Waals surface area contributed by atoms with Gasteiger partial charge in [0.2, 0.25) is 0 Å². The molecule has 6 heteroatoms. The van der Waals surface area contributed by atoms with E-state index in [-0.39, 0.29) is 5.91 Å². The number of hydrogen-bond donors (Lipinski definition) is 0. The van der Waals surface area contributed by atoms with Crippen LogP contribution in [0.5, 0.6) is 0 Å². The molecule has 1 saturated heterocycles. The number of amides is 1. The van der Waals surface area contributed by atoms with Crippen molar-refractivity contribution < 1.29 is 4.79 Å². The Morgan fingerprint density at radius 2 is 1.81 bits per heavy atom. The first kappa shape index (κ1) is 17.3. The molecule has 138 valence electrons. The van der Waals surface area contributed by atoms with Gasteiger partial charge in [0.25, 0.3) is 5.91 Å². The molecule has 0 atom stereocenters. The van der Waals surface area contributed by atoms with Crippen LogP contribution < -0.4 is 4.90 Å². The number of nitrogens with zero attached hydrogens (tertiary/aromatic N) is 5. The van der Waals surface area contributed by atoms with Crippen molar-refractivity contribution in [2.45, 2.75) is 13.5 Å². The summed E-state index contributed by atoms with van der Waals surface area (Å²) in [4.78, 5) is 21.0. The number of piperazine rings is 1. The molecule has 0 saturated carbocycles. The molecule has 27 heavy (non-hydrogen) atoms. The van der Waals surface area contributed by atoms with E-state index in [0.717, 1.165) is 37.3 Å². The number of benzene rings is 2. The van der Waals surface area contributed by atoms with Crippen LogP contribution in [-0.2, 0) is 6.54 Å². The normalized spacial score (nSPS) is 14.4. The Labute approximate surface area is 159 Å². The fraction of sp³-hybridized carbons (Fsp3) is 0.286. The molecule has 2 aromatic carbocycles. The third kappa shape index (κ3) is 4.00. The van der Waals surface area contributed by atoms with E-state index in [9.17, 15) is 4.79 Å². The predicted molar refractivity (Wildman–Crippen MR) is 105 cm³/mol. The molecule has 1 aromatic heterocycles. The first-order chi connectivity index (χ1) is 13.2. The van der Waals surface area contributed by atoms with Gasteiger partial charge in [-0.1, -0.05) is 24.3 Å². The zero-order valence-corrected chi connectivity index (χ0v) is 15.5. The van der Waals surface area contributed by atoms with Gasteiger partial charge in [0.15, 0.2) is 0 Å². The van der Waals surface area contributed by atoms with E-state index in [1.54, 1.807) is 11.0 Å². The van der Waals surface area contributed by atoms with Crippen molar-refractivity contribution in [3.05, 3.63) is 77.9 Å². The van der Waals surface area contributed by atoms with Crippen LogP contribution in [0.1, 0.15) is 21.5 Å². The number of rotatable bonds is 4. The van der Waals surface area contributed by atoms with E-state index >= 15 is 0 Å². The van der Waals surface area contributed by atoms with Crippen LogP contribution >= 0.6 is 0 Å². The van der Waals surface area contributed by atoms with Gasteiger partial charge in [0.05, 0.1) is 6.54 Å². The van der Waals surface area contributed by atoms with E-state index < -0.39 is 0 Å². The summed E-state index contributed by atoms with van der Waals surface area (Å²) < 4.78 is 1.77. The van der Waals surface area contributed by atoms with Crippen molar-refractivity contribution in [2.24, 2.45) is 0 Å². The van der Waals surface area contributed by atoms with Gasteiger partial charge in [-0.2, -0.15) is 5.10 Å². The second-order valence-corrected chi connectivity index (χ2v) is 6.91. The fourth-order valence-electron chi connectivity index (χ4n) is 3.43. The largest absolute Gasteiger partial charge is 0.368 e. The van der Waals surface area contributed by atoms with Crippen LogP contribution in [0, 0.1) is 6.92 Å². The Kier molecular flexibility index (Phi) is 4.87. The average Bonchev–Trinajstić information content (AvgIpc) is 3.21. The minimum Gasteiger partial charge on any atom is -0.368 e. The summed E-state index contributed by atoms with van der Waals surface area (Å²) in [7, 11) is 0. The minimum absolute atomic E-state index is 0.103. The quantitative estimate of drug-likeness (QED) is 0.717. The molecule has 0 spiro atoms. The van der Waals surface area contributed by atoms with Crippen LogP contribution in [0.4, 0.5) is 5.69 Å². The summed E-state index contributed by atoms with van der Waals surface area (Å²) in [6.07, 6.45) is 3.21. The molecule has 4 rings (SSSR count). The lowest BCUT2D eigenvalue weighted by atomic mass is 10.1. The number of aromatic nitrogens is 3. The molecule has 0 unspecified atom stereocenters. The molecule has 1 fully saturated rings. The number of hydrogen-bond acceptors (Lipinski definition) is 4. The lowest BCUT2D eigenvalue weighted by Crippen LogP contribution is -2.48. The Morgan fingerprint density at radius 1 is 1.04 bits per heavy atom. The van der Waals surface area contributed by atoms with Crippen molar-refractivity contribution in [1.29, 1.82) is 0 Å². The second kappa shape index (κ2) is 7.61. The molecular weight excluding hydrogens is 338 g/mol. The lowest BCUT2D eigenvalue weighted by Gasteiger charge is -2.36. The van der Waals surface area contributed by atoms with E-state index in [1.165, 1.54) is 17.6 Å². The number of aryl methyl sites for hydroxylation is 1. The topological polar surface area (TPSA) is 54.3 Å². The highest BCUT2D eigenvalue weighted by Gasteiger charge is 2.22. The van der Waals surface area contributed by atoms with Gasteiger partial charge in [-0.25, -0.2) is 9.67 Å². The zero-order chi connectivity index (χ0) is 18.6. The summed E-state index contributed by atoms with van der Waals surface area (Å²) in [6.45, 7) is 5.97. The molecule has 6 nitrogen and oxygen atoms in total. The number of anilines is 1. The molecule has 0 radical (unpaired) electrons. The average molecular weight is 361 g/mol. The maximum Gasteiger partial charge on any atom is 0.253 e. The Bertz CT molecular complexity index is 897. The molecule has 1 amide bonds. The highest BCUT2D eigenvalue weighted by atomic mass is 16.2. The summed E-state index contributed by atoms with van der Waals surface area (Å²) in [5.74, 6) is 0.103. The monoisotopic (exact) mass is 361 g/mol. The highest BCUT2D eigenvalue weighted by molar-refractivity contribution is 5.94. The van der Waals surface area contributed by atoms with E-state index in [0.29, 0.717) is 6.54 Å². The van der Waals surface area contributed by atoms with Gasteiger partial charge in [0.1, 0.15) is 12.7 Å². The van der Waals surface area contributed by atoms with Crippen LogP contribution in [0.3, 0.4) is 0 Å². The Balaban J connectivity index is 1.36. The summed E-state index contributed by atoms with van der Waals surface area (Å²) in [5, 5.41) is 4.11. The van der Waals surface area contributed by atoms with Crippen molar-refractivity contribution in [3.63, 3.8) is 0 Å². The Morgan fingerprint density at radius 3 is 2.48 bits per heavy atom. The van der Waals surface area contributed by atoms with Gasteiger partial charge in [-0.05, 0) is 42.3 Å². The first-order valence-corrected chi connectivity index (χ1v) is 9.21. The van der Waals surface area contributed by atoms with Gasteiger partial charge in [0, 0.05) is 37.4 Å². The Hall–Kier alpha value is -3.15. The summed E-state index contributed by atoms with van der Waals surface area (Å²) in [5.41, 5.74) is 4.33. The van der Waals surface area contributed by atoms with Gasteiger partial charge >= 0.3 is 0 Å².